The van der Waals surface area contributed by atoms with E-state index in [0.29, 0.717) is 0 Å². The van der Waals surface area contributed by atoms with Gasteiger partial charge in [-0.25, -0.2) is 0 Å². The molecule has 4 aromatic rings. The number of ether oxygens (including phenoxy) is 1. The third-order valence-corrected chi connectivity index (χ3v) is 5.93. The van der Waals surface area contributed by atoms with E-state index in [0.717, 1.165) is 11.4 Å². The molecule has 0 spiro atoms. The van der Waals surface area contributed by atoms with E-state index in [9.17, 15) is 0 Å². The Morgan fingerprint density at radius 1 is 0.724 bits per heavy atom. The zero-order chi connectivity index (χ0) is 19.6. The van der Waals surface area contributed by atoms with Crippen LogP contribution in [0.25, 0.3) is 27.8 Å². The summed E-state index contributed by atoms with van der Waals surface area (Å²) in [5, 5.41) is 1.25. The number of benzene rings is 3. The average Bonchev–Trinajstić information content (AvgIpc) is 3.19. The minimum atomic E-state index is 0.873. The zero-order valence-corrected chi connectivity index (χ0v) is 16.8. The first-order chi connectivity index (χ1) is 14.3. The number of methoxy groups -OCH3 is 1. The fraction of sp³-hybridized carbons (Fsp3) is 0.231. The van der Waals surface area contributed by atoms with Gasteiger partial charge in [0, 0.05) is 29.9 Å². The highest BCUT2D eigenvalue weighted by atomic mass is 16.5. The minimum absolute atomic E-state index is 0.873. The lowest BCUT2D eigenvalue weighted by molar-refractivity contribution is 0.415. The number of anilines is 1. The molecule has 1 aliphatic heterocycles. The van der Waals surface area contributed by atoms with E-state index in [4.69, 9.17) is 4.74 Å². The Bertz CT molecular complexity index is 1100. The summed E-state index contributed by atoms with van der Waals surface area (Å²) in [4.78, 5) is 2.51. The van der Waals surface area contributed by atoms with Gasteiger partial charge in [0.25, 0.3) is 0 Å². The molecule has 1 aliphatic rings. The van der Waals surface area contributed by atoms with Crippen molar-refractivity contribution >= 4 is 16.6 Å². The van der Waals surface area contributed by atoms with E-state index in [1.165, 1.54) is 60.2 Å². The smallest absolute Gasteiger partial charge is 0.119 e. The Kier molecular flexibility index (Phi) is 4.73. The molecule has 3 nitrogen and oxygen atoms in total. The van der Waals surface area contributed by atoms with Crippen LogP contribution in [0.4, 0.5) is 5.69 Å². The van der Waals surface area contributed by atoms with Crippen molar-refractivity contribution in [1.82, 2.24) is 4.57 Å². The van der Waals surface area contributed by atoms with Gasteiger partial charge in [0.15, 0.2) is 0 Å². The number of hydrogen-bond donors (Lipinski definition) is 0. The maximum Gasteiger partial charge on any atom is 0.119 e. The summed E-state index contributed by atoms with van der Waals surface area (Å²) in [7, 11) is 1.70. The van der Waals surface area contributed by atoms with Crippen LogP contribution in [0.3, 0.4) is 0 Å². The number of hydrogen-bond acceptors (Lipinski definition) is 2. The molecule has 1 saturated heterocycles. The summed E-state index contributed by atoms with van der Waals surface area (Å²) >= 11 is 0. The molecule has 2 heterocycles. The topological polar surface area (TPSA) is 17.4 Å². The van der Waals surface area contributed by atoms with Crippen LogP contribution < -0.4 is 9.64 Å². The molecule has 5 rings (SSSR count). The van der Waals surface area contributed by atoms with Crippen LogP contribution >= 0.6 is 0 Å². The van der Waals surface area contributed by atoms with Crippen LogP contribution in [0.1, 0.15) is 19.3 Å². The second-order valence-electron chi connectivity index (χ2n) is 7.72. The maximum absolute atomic E-state index is 5.35. The normalized spacial score (nSPS) is 14.3. The Labute approximate surface area is 172 Å². The average molecular weight is 383 g/mol. The van der Waals surface area contributed by atoms with Gasteiger partial charge in [-0.05, 0) is 73.4 Å². The molecule has 0 saturated carbocycles. The minimum Gasteiger partial charge on any atom is -0.497 e. The summed E-state index contributed by atoms with van der Waals surface area (Å²) < 4.78 is 7.68. The van der Waals surface area contributed by atoms with Crippen molar-refractivity contribution in [3.8, 4) is 22.7 Å². The largest absolute Gasteiger partial charge is 0.497 e. The van der Waals surface area contributed by atoms with Crippen molar-refractivity contribution in [3.63, 3.8) is 0 Å². The number of rotatable bonds is 4. The van der Waals surface area contributed by atoms with Gasteiger partial charge in [-0.3, -0.25) is 0 Å². The molecule has 3 heteroatoms. The molecule has 1 fully saturated rings. The second-order valence-corrected chi connectivity index (χ2v) is 7.72. The first-order valence-electron chi connectivity index (χ1n) is 10.4. The Hall–Kier alpha value is -3.20. The maximum atomic E-state index is 5.35. The monoisotopic (exact) mass is 382 g/mol. The Morgan fingerprint density at radius 3 is 2.14 bits per heavy atom. The molecule has 1 aromatic heterocycles. The van der Waals surface area contributed by atoms with Gasteiger partial charge in [0.05, 0.1) is 18.3 Å². The molecule has 0 radical (unpaired) electrons. The molecule has 3 aromatic carbocycles. The van der Waals surface area contributed by atoms with Gasteiger partial charge in [0.2, 0.25) is 0 Å². The SMILES string of the molecule is COc1ccc(-n2c(-c3ccc(N4CCCCC4)cc3)cc3ccccc32)cc1. The molecule has 0 unspecified atom stereocenters. The van der Waals surface area contributed by atoms with Crippen LogP contribution in [0.15, 0.2) is 78.9 Å². The van der Waals surface area contributed by atoms with Gasteiger partial charge < -0.3 is 14.2 Å². The van der Waals surface area contributed by atoms with Crippen molar-refractivity contribution in [2.75, 3.05) is 25.1 Å². The van der Waals surface area contributed by atoms with E-state index >= 15 is 0 Å². The molecule has 146 valence electrons. The summed E-state index contributed by atoms with van der Waals surface area (Å²) in [6.45, 7) is 2.34. The van der Waals surface area contributed by atoms with Crippen LogP contribution in [0.5, 0.6) is 5.75 Å². The highest BCUT2D eigenvalue weighted by molar-refractivity contribution is 5.89. The van der Waals surface area contributed by atoms with Crippen LogP contribution in [-0.4, -0.2) is 24.8 Å². The Balaban J connectivity index is 1.59. The van der Waals surface area contributed by atoms with Crippen molar-refractivity contribution in [3.05, 3.63) is 78.9 Å². The summed E-state index contributed by atoms with van der Waals surface area (Å²) in [6, 6.07) is 28.2. The first-order valence-corrected chi connectivity index (χ1v) is 10.4. The number of nitrogens with zero attached hydrogens (tertiary/aromatic N) is 2. The van der Waals surface area contributed by atoms with Crippen molar-refractivity contribution in [2.24, 2.45) is 0 Å². The molecular formula is C26H26N2O. The van der Waals surface area contributed by atoms with Crippen molar-refractivity contribution in [2.45, 2.75) is 19.3 Å². The van der Waals surface area contributed by atoms with Crippen LogP contribution in [0, 0.1) is 0 Å². The molecule has 29 heavy (non-hydrogen) atoms. The highest BCUT2D eigenvalue weighted by Gasteiger charge is 2.14. The zero-order valence-electron chi connectivity index (χ0n) is 16.8. The summed E-state index contributed by atoms with van der Waals surface area (Å²) in [5.74, 6) is 0.873. The number of piperidine rings is 1. The standard InChI is InChI=1S/C26H26N2O/c1-29-24-15-13-23(14-16-24)28-25-8-4-3-7-21(25)19-26(28)20-9-11-22(12-10-20)27-17-5-2-6-18-27/h3-4,7-16,19H,2,5-6,17-18H2,1H3. The van der Waals surface area contributed by atoms with E-state index in [-0.39, 0.29) is 0 Å². The van der Waals surface area contributed by atoms with Gasteiger partial charge in [-0.15, -0.1) is 0 Å². The van der Waals surface area contributed by atoms with E-state index in [1.54, 1.807) is 7.11 Å². The first kappa shape index (κ1) is 17.9. The van der Waals surface area contributed by atoms with Gasteiger partial charge in [-0.1, -0.05) is 30.3 Å². The number of aromatic nitrogens is 1. The fourth-order valence-corrected chi connectivity index (χ4v) is 4.37. The third-order valence-electron chi connectivity index (χ3n) is 5.93. The van der Waals surface area contributed by atoms with Gasteiger partial charge in [0.1, 0.15) is 5.75 Å². The van der Waals surface area contributed by atoms with E-state index in [2.05, 4.69) is 76.2 Å². The number of para-hydroxylation sites is 1. The lowest BCUT2D eigenvalue weighted by Gasteiger charge is -2.28. The lowest BCUT2D eigenvalue weighted by Crippen LogP contribution is -2.29. The molecular weight excluding hydrogens is 356 g/mol. The molecule has 0 bridgehead atoms. The summed E-state index contributed by atoms with van der Waals surface area (Å²) in [5.41, 5.74) is 6.13. The molecule has 0 amide bonds. The number of fused-ring (bicyclic) bond motifs is 1. The highest BCUT2D eigenvalue weighted by Crippen LogP contribution is 2.33. The fourth-order valence-electron chi connectivity index (χ4n) is 4.37. The molecule has 0 atom stereocenters. The quantitative estimate of drug-likeness (QED) is 0.412. The van der Waals surface area contributed by atoms with E-state index in [1.807, 2.05) is 12.1 Å². The van der Waals surface area contributed by atoms with Crippen LogP contribution in [0.2, 0.25) is 0 Å². The van der Waals surface area contributed by atoms with Crippen molar-refractivity contribution < 1.29 is 4.74 Å². The predicted octanol–water partition coefficient (Wildman–Crippen LogP) is 6.30. The predicted molar refractivity (Wildman–Crippen MR) is 121 cm³/mol. The molecule has 0 aliphatic carbocycles. The van der Waals surface area contributed by atoms with Gasteiger partial charge >= 0.3 is 0 Å². The second kappa shape index (κ2) is 7.67. The van der Waals surface area contributed by atoms with E-state index < -0.39 is 0 Å². The molecule has 0 N–H and O–H groups in total. The van der Waals surface area contributed by atoms with Gasteiger partial charge in [-0.2, -0.15) is 0 Å². The van der Waals surface area contributed by atoms with Crippen LogP contribution in [-0.2, 0) is 0 Å². The Morgan fingerprint density at radius 2 is 1.41 bits per heavy atom. The third kappa shape index (κ3) is 3.38. The lowest BCUT2D eigenvalue weighted by atomic mass is 10.1. The van der Waals surface area contributed by atoms with Crippen molar-refractivity contribution in [1.29, 1.82) is 0 Å². The summed E-state index contributed by atoms with van der Waals surface area (Å²) in [6.07, 6.45) is 3.96.